The number of fused-ring (bicyclic) bond motifs is 1. The minimum Gasteiger partial charge on any atom is -0.407 e. The summed E-state index contributed by atoms with van der Waals surface area (Å²) in [5.74, 6) is 1.77. The lowest BCUT2D eigenvalue weighted by atomic mass is 9.43. The Labute approximate surface area is 159 Å². The molecule has 6 heteroatoms. The van der Waals surface area contributed by atoms with Gasteiger partial charge in [0.1, 0.15) is 0 Å². The lowest BCUT2D eigenvalue weighted by Gasteiger charge is -2.64. The summed E-state index contributed by atoms with van der Waals surface area (Å²) in [5.41, 5.74) is 0.176. The topological polar surface area (TPSA) is 36.9 Å². The van der Waals surface area contributed by atoms with Gasteiger partial charge in [0.25, 0.3) is 0 Å². The largest absolute Gasteiger partial charge is 0.488 e. The van der Waals surface area contributed by atoms with Gasteiger partial charge in [0, 0.05) is 0 Å². The van der Waals surface area contributed by atoms with Crippen LogP contribution in [0.15, 0.2) is 0 Å². The predicted molar refractivity (Wildman–Crippen MR) is 102 cm³/mol. The van der Waals surface area contributed by atoms with Crippen LogP contribution in [0.25, 0.3) is 0 Å². The Morgan fingerprint density at radius 2 is 1.42 bits per heavy atom. The van der Waals surface area contributed by atoms with Gasteiger partial charge in [0.15, 0.2) is 0 Å². The summed E-state index contributed by atoms with van der Waals surface area (Å²) in [6.45, 7) is 16.3. The molecule has 2 saturated heterocycles. The molecule has 0 N–H and O–H groups in total. The van der Waals surface area contributed by atoms with Crippen LogP contribution >= 0.6 is 0 Å². The second kappa shape index (κ2) is 5.11. The van der Waals surface area contributed by atoms with Gasteiger partial charge in [-0.1, -0.05) is 34.6 Å². The molecule has 7 atom stereocenters. The van der Waals surface area contributed by atoms with E-state index in [4.69, 9.17) is 18.6 Å². The molecule has 144 valence electrons. The Bertz CT molecular complexity index is 593. The van der Waals surface area contributed by atoms with E-state index in [1.165, 1.54) is 12.8 Å². The molecule has 6 rings (SSSR count). The van der Waals surface area contributed by atoms with E-state index in [0.717, 1.165) is 18.8 Å². The summed E-state index contributed by atoms with van der Waals surface area (Å²) in [6, 6.07) is 0. The standard InChI is InChI=1S/C20H34B2O4/c1-12-17(2,3)9-8-15-19(12,6)25-21(23-15)22-24-16-11-13-10-14(18(13,4)5)20(16,7)26-22/h12-16H,8-11H2,1-7H3/t12-,13-,14-,15+,16+,19-,20-/m0/s1. The molecule has 2 heterocycles. The minimum absolute atomic E-state index is 0.142. The van der Waals surface area contributed by atoms with Crippen molar-refractivity contribution in [2.24, 2.45) is 28.6 Å². The second-order valence-corrected chi connectivity index (χ2v) is 11.4. The highest BCUT2D eigenvalue weighted by molar-refractivity contribution is 7.11. The second-order valence-electron chi connectivity index (χ2n) is 11.4. The van der Waals surface area contributed by atoms with Gasteiger partial charge in [-0.3, -0.25) is 0 Å². The van der Waals surface area contributed by atoms with Crippen LogP contribution in [0.3, 0.4) is 0 Å². The summed E-state index contributed by atoms with van der Waals surface area (Å²) in [6.07, 6.45) is 4.93. The Hall–Kier alpha value is -0.0301. The Morgan fingerprint density at radius 3 is 2.08 bits per heavy atom. The fraction of sp³-hybridized carbons (Fsp3) is 1.00. The van der Waals surface area contributed by atoms with E-state index in [1.807, 2.05) is 0 Å². The predicted octanol–water partition coefficient (Wildman–Crippen LogP) is 3.91. The molecule has 0 aromatic rings. The van der Waals surface area contributed by atoms with E-state index in [1.54, 1.807) is 0 Å². The van der Waals surface area contributed by atoms with Crippen LogP contribution < -0.4 is 0 Å². The van der Waals surface area contributed by atoms with E-state index < -0.39 is 14.0 Å². The van der Waals surface area contributed by atoms with Crippen LogP contribution in [0, 0.1) is 28.6 Å². The third-order valence-electron chi connectivity index (χ3n) is 9.58. The van der Waals surface area contributed by atoms with Gasteiger partial charge < -0.3 is 18.6 Å². The molecular weight excluding hydrogens is 326 g/mol. The lowest BCUT2D eigenvalue weighted by Crippen LogP contribution is -2.65. The molecule has 4 nitrogen and oxygen atoms in total. The zero-order chi connectivity index (χ0) is 18.7. The molecule has 2 aliphatic heterocycles. The van der Waals surface area contributed by atoms with E-state index in [9.17, 15) is 0 Å². The number of hydrogen-bond acceptors (Lipinski definition) is 4. The van der Waals surface area contributed by atoms with Crippen molar-refractivity contribution in [1.82, 2.24) is 0 Å². The van der Waals surface area contributed by atoms with Crippen molar-refractivity contribution < 1.29 is 18.6 Å². The molecule has 0 radical (unpaired) electrons. The molecule has 4 aliphatic carbocycles. The SMILES string of the molecule is C[C@H]1C(C)(C)CC[C@H]2OB(B3O[C@@H]4C[C@@H]5C[C@@H](C5(C)C)[C@]4(C)O3)O[C@]21C. The van der Waals surface area contributed by atoms with Crippen LogP contribution in [-0.2, 0) is 18.6 Å². The highest BCUT2D eigenvalue weighted by Crippen LogP contribution is 2.66. The molecule has 6 fully saturated rings. The van der Waals surface area contributed by atoms with Gasteiger partial charge in [-0.05, 0) is 68.1 Å². The molecule has 6 aliphatic rings. The molecule has 0 unspecified atom stereocenters. The molecule has 0 spiro atoms. The highest BCUT2D eigenvalue weighted by atomic mass is 16.7. The van der Waals surface area contributed by atoms with E-state index in [2.05, 4.69) is 48.5 Å². The summed E-state index contributed by atoms with van der Waals surface area (Å²) in [7, 11) is -0.790. The fourth-order valence-electron chi connectivity index (χ4n) is 7.02. The summed E-state index contributed by atoms with van der Waals surface area (Å²) >= 11 is 0. The summed E-state index contributed by atoms with van der Waals surface area (Å²) in [4.78, 5) is 0. The Kier molecular flexibility index (Phi) is 3.55. The first-order chi connectivity index (χ1) is 12.0. The molecule has 0 aromatic carbocycles. The molecule has 2 bridgehead atoms. The number of hydrogen-bond donors (Lipinski definition) is 0. The van der Waals surface area contributed by atoms with Crippen molar-refractivity contribution in [1.29, 1.82) is 0 Å². The Balaban J connectivity index is 1.36. The first kappa shape index (κ1) is 18.0. The normalized spacial score (nSPS) is 53.9. The summed E-state index contributed by atoms with van der Waals surface area (Å²) < 4.78 is 26.0. The lowest BCUT2D eigenvalue weighted by molar-refractivity contribution is -0.199. The third kappa shape index (κ3) is 2.08. The number of rotatable bonds is 1. The average molecular weight is 360 g/mol. The van der Waals surface area contributed by atoms with E-state index in [0.29, 0.717) is 17.3 Å². The monoisotopic (exact) mass is 360 g/mol. The van der Waals surface area contributed by atoms with Crippen molar-refractivity contribution >= 4 is 14.0 Å². The Morgan fingerprint density at radius 1 is 0.808 bits per heavy atom. The molecule has 4 saturated carbocycles. The van der Waals surface area contributed by atoms with Crippen LogP contribution in [0.2, 0.25) is 0 Å². The van der Waals surface area contributed by atoms with Crippen LogP contribution in [0.4, 0.5) is 0 Å². The molecule has 0 amide bonds. The maximum Gasteiger partial charge on any atom is 0.488 e. The highest BCUT2D eigenvalue weighted by Gasteiger charge is 2.71. The zero-order valence-corrected chi connectivity index (χ0v) is 17.5. The van der Waals surface area contributed by atoms with Gasteiger partial charge in [-0.2, -0.15) is 0 Å². The molecule has 26 heavy (non-hydrogen) atoms. The van der Waals surface area contributed by atoms with Gasteiger partial charge >= 0.3 is 14.0 Å². The maximum absolute atomic E-state index is 6.59. The zero-order valence-electron chi connectivity index (χ0n) is 17.5. The summed E-state index contributed by atoms with van der Waals surface area (Å²) in [5, 5.41) is 0. The quantitative estimate of drug-likeness (QED) is 0.665. The van der Waals surface area contributed by atoms with Crippen LogP contribution in [-0.4, -0.2) is 37.4 Å². The van der Waals surface area contributed by atoms with Crippen molar-refractivity contribution in [2.75, 3.05) is 0 Å². The van der Waals surface area contributed by atoms with Gasteiger partial charge in [-0.25, -0.2) is 0 Å². The van der Waals surface area contributed by atoms with E-state index in [-0.39, 0.29) is 28.8 Å². The van der Waals surface area contributed by atoms with Crippen molar-refractivity contribution in [2.45, 2.75) is 97.6 Å². The maximum atomic E-state index is 6.59. The van der Waals surface area contributed by atoms with Gasteiger partial charge in [0.2, 0.25) is 0 Å². The third-order valence-corrected chi connectivity index (χ3v) is 9.58. The first-order valence-electron chi connectivity index (χ1n) is 10.6. The van der Waals surface area contributed by atoms with Gasteiger partial charge in [0.05, 0.1) is 23.4 Å². The minimum atomic E-state index is -0.399. The van der Waals surface area contributed by atoms with Crippen LogP contribution in [0.1, 0.15) is 74.1 Å². The molecule has 0 aromatic heterocycles. The smallest absolute Gasteiger partial charge is 0.407 e. The fourth-order valence-corrected chi connectivity index (χ4v) is 7.02. The van der Waals surface area contributed by atoms with Crippen molar-refractivity contribution in [3.63, 3.8) is 0 Å². The van der Waals surface area contributed by atoms with Gasteiger partial charge in [-0.15, -0.1) is 0 Å². The van der Waals surface area contributed by atoms with Crippen molar-refractivity contribution in [3.05, 3.63) is 0 Å². The first-order valence-corrected chi connectivity index (χ1v) is 10.6. The molecular formula is C20H34B2O4. The van der Waals surface area contributed by atoms with Crippen molar-refractivity contribution in [3.8, 4) is 0 Å². The average Bonchev–Trinajstić information content (AvgIpc) is 3.08. The van der Waals surface area contributed by atoms with E-state index >= 15 is 0 Å². The van der Waals surface area contributed by atoms with Crippen LogP contribution in [0.5, 0.6) is 0 Å².